The van der Waals surface area contributed by atoms with Crippen LogP contribution in [0.25, 0.3) is 0 Å². The number of amides is 2. The molecule has 3 rings (SSSR count). The van der Waals surface area contributed by atoms with Gasteiger partial charge in [0.05, 0.1) is 16.1 Å². The van der Waals surface area contributed by atoms with Crippen molar-refractivity contribution < 1.29 is 14.3 Å². The Labute approximate surface area is 221 Å². The second-order valence-electron chi connectivity index (χ2n) is 9.92. The zero-order chi connectivity index (χ0) is 25.0. The Balaban J connectivity index is 1.65. The molecule has 2 aliphatic rings. The lowest BCUT2D eigenvalue weighted by Gasteiger charge is -2.38. The van der Waals surface area contributed by atoms with Crippen LogP contribution in [0.1, 0.15) is 70.0 Å². The fourth-order valence-corrected chi connectivity index (χ4v) is 5.95. The molecule has 1 aliphatic heterocycles. The minimum absolute atomic E-state index is 0.0280. The van der Waals surface area contributed by atoms with Crippen molar-refractivity contribution in [1.82, 2.24) is 15.5 Å². The van der Waals surface area contributed by atoms with Crippen LogP contribution >= 0.6 is 23.2 Å². The monoisotopic (exact) mass is 527 g/mol. The molecule has 1 aromatic rings. The highest BCUT2D eigenvalue weighted by atomic mass is 35.5. The number of urea groups is 1. The van der Waals surface area contributed by atoms with E-state index < -0.39 is 0 Å². The van der Waals surface area contributed by atoms with Gasteiger partial charge in [0.25, 0.3) is 0 Å². The van der Waals surface area contributed by atoms with Crippen LogP contribution in [0.15, 0.2) is 18.2 Å². The Morgan fingerprint density at radius 3 is 2.71 bits per heavy atom. The van der Waals surface area contributed by atoms with Crippen molar-refractivity contribution >= 4 is 29.2 Å². The highest BCUT2D eigenvalue weighted by Gasteiger charge is 2.33. The number of carbonyl (C=O) groups excluding carboxylic acids is 1. The summed E-state index contributed by atoms with van der Waals surface area (Å²) in [5.41, 5.74) is 0.900. The minimum atomic E-state index is -0.218. The molecule has 2 amide bonds. The molecule has 1 heterocycles. The van der Waals surface area contributed by atoms with Gasteiger partial charge in [0, 0.05) is 57.0 Å². The van der Waals surface area contributed by atoms with Gasteiger partial charge in [0.15, 0.2) is 0 Å². The largest absolute Gasteiger partial charge is 0.382 e. The lowest BCUT2D eigenvalue weighted by atomic mass is 9.88. The maximum atomic E-state index is 13.3. The molecule has 198 valence electrons. The maximum Gasteiger partial charge on any atom is 0.317 e. The van der Waals surface area contributed by atoms with E-state index in [-0.39, 0.29) is 24.1 Å². The van der Waals surface area contributed by atoms with E-state index in [1.165, 1.54) is 25.7 Å². The van der Waals surface area contributed by atoms with Crippen LogP contribution < -0.4 is 10.6 Å². The van der Waals surface area contributed by atoms with Gasteiger partial charge in [-0.3, -0.25) is 0 Å². The first-order valence-corrected chi connectivity index (χ1v) is 14.1. The molecule has 0 radical (unpaired) electrons. The van der Waals surface area contributed by atoms with Crippen LogP contribution in [-0.2, 0) is 9.47 Å². The zero-order valence-corrected chi connectivity index (χ0v) is 22.9. The predicted molar refractivity (Wildman–Crippen MR) is 143 cm³/mol. The fourth-order valence-electron chi connectivity index (χ4n) is 5.53. The second-order valence-corrected chi connectivity index (χ2v) is 10.7. The normalized spacial score (nSPS) is 20.7. The summed E-state index contributed by atoms with van der Waals surface area (Å²) in [5.74, 6) is 0.873. The number of hydrogen-bond donors (Lipinski definition) is 2. The average Bonchev–Trinajstić information content (AvgIpc) is 3.37. The fraction of sp³-hybridized carbons (Fsp3) is 0.741. The van der Waals surface area contributed by atoms with Crippen LogP contribution in [0, 0.1) is 11.8 Å². The number of hydrogen-bond acceptors (Lipinski definition) is 4. The highest BCUT2D eigenvalue weighted by molar-refractivity contribution is 6.42. The number of piperidine rings is 1. The summed E-state index contributed by atoms with van der Waals surface area (Å²) >= 11 is 13.0. The van der Waals surface area contributed by atoms with Gasteiger partial charge in [0.2, 0.25) is 0 Å². The van der Waals surface area contributed by atoms with Crippen LogP contribution in [-0.4, -0.2) is 63.5 Å². The molecular formula is C27H43Cl2N3O3. The van der Waals surface area contributed by atoms with Gasteiger partial charge in [-0.1, -0.05) is 61.0 Å². The molecule has 2 N–H and O–H groups in total. The van der Waals surface area contributed by atoms with Crippen molar-refractivity contribution in [3.05, 3.63) is 33.8 Å². The maximum absolute atomic E-state index is 13.3. The molecule has 0 bridgehead atoms. The van der Waals surface area contributed by atoms with Gasteiger partial charge in [-0.05, 0) is 51.6 Å². The van der Waals surface area contributed by atoms with E-state index in [1.807, 2.05) is 31.0 Å². The molecule has 1 saturated carbocycles. The van der Waals surface area contributed by atoms with Crippen LogP contribution in [0.3, 0.4) is 0 Å². The molecule has 1 aromatic carbocycles. The molecule has 3 atom stereocenters. The molecule has 6 nitrogen and oxygen atoms in total. The standard InChI is InChI=1S/C27H43Cl2N3O3/c1-3-34-15-8-16-35-26(23-12-6-13-24(28)25(23)29)21-11-7-14-32(19-21)27(33)31-22(18-30-2)17-20-9-4-5-10-20/h6,12-13,20-22,26,30H,3-5,7-11,14-19H2,1-2H3,(H,31,33)/t21-,22+,26-/m1/s1. The Hall–Kier alpha value is -1.05. The zero-order valence-electron chi connectivity index (χ0n) is 21.4. The van der Waals surface area contributed by atoms with E-state index in [9.17, 15) is 4.79 Å². The number of likely N-dealkylation sites (tertiary alicyclic amines) is 1. The third kappa shape index (κ3) is 8.78. The van der Waals surface area contributed by atoms with E-state index in [1.54, 1.807) is 6.07 Å². The van der Waals surface area contributed by atoms with Gasteiger partial charge in [-0.15, -0.1) is 0 Å². The molecule has 1 aliphatic carbocycles. The third-order valence-electron chi connectivity index (χ3n) is 7.27. The van der Waals surface area contributed by atoms with Crippen molar-refractivity contribution in [3.8, 4) is 0 Å². The van der Waals surface area contributed by atoms with Gasteiger partial charge >= 0.3 is 6.03 Å². The number of nitrogens with zero attached hydrogens (tertiary/aromatic N) is 1. The molecular weight excluding hydrogens is 485 g/mol. The lowest BCUT2D eigenvalue weighted by Crippen LogP contribution is -2.51. The van der Waals surface area contributed by atoms with Crippen molar-refractivity contribution in [1.29, 1.82) is 0 Å². The summed E-state index contributed by atoms with van der Waals surface area (Å²) in [6, 6.07) is 5.89. The highest BCUT2D eigenvalue weighted by Crippen LogP contribution is 2.39. The summed E-state index contributed by atoms with van der Waals surface area (Å²) < 4.78 is 11.9. The quantitative estimate of drug-likeness (QED) is 0.305. The van der Waals surface area contributed by atoms with E-state index in [0.717, 1.165) is 50.3 Å². The molecule has 2 fully saturated rings. The van der Waals surface area contributed by atoms with E-state index in [4.69, 9.17) is 32.7 Å². The molecule has 8 heteroatoms. The number of carbonyl (C=O) groups is 1. The van der Waals surface area contributed by atoms with Crippen molar-refractivity contribution in [3.63, 3.8) is 0 Å². The SMILES string of the molecule is CCOCCCO[C@@H](c1cccc(Cl)c1Cl)[C@@H]1CCCN(C(=O)N[C@H](CNC)CC2CCCC2)C1. The number of ether oxygens (including phenoxy) is 2. The smallest absolute Gasteiger partial charge is 0.317 e. The number of benzene rings is 1. The molecule has 0 spiro atoms. The number of halogens is 2. The Kier molecular flexibility index (Phi) is 12.4. The number of likely N-dealkylation sites (N-methyl/N-ethyl adjacent to an activating group) is 1. The first kappa shape index (κ1) is 28.5. The molecule has 35 heavy (non-hydrogen) atoms. The number of rotatable bonds is 13. The van der Waals surface area contributed by atoms with Gasteiger partial charge < -0.3 is 25.0 Å². The van der Waals surface area contributed by atoms with Crippen LogP contribution in [0.5, 0.6) is 0 Å². The Morgan fingerprint density at radius 2 is 1.97 bits per heavy atom. The summed E-state index contributed by atoms with van der Waals surface area (Å²) in [5, 5.41) is 7.64. The summed E-state index contributed by atoms with van der Waals surface area (Å²) in [4.78, 5) is 15.3. The first-order chi connectivity index (χ1) is 17.0. The van der Waals surface area contributed by atoms with E-state index in [0.29, 0.717) is 36.4 Å². The van der Waals surface area contributed by atoms with E-state index >= 15 is 0 Å². The first-order valence-electron chi connectivity index (χ1n) is 13.4. The topological polar surface area (TPSA) is 62.8 Å². The average molecular weight is 529 g/mol. The predicted octanol–water partition coefficient (Wildman–Crippen LogP) is 6.07. The summed E-state index contributed by atoms with van der Waals surface area (Å²) in [7, 11) is 1.95. The van der Waals surface area contributed by atoms with E-state index in [2.05, 4.69) is 10.6 Å². The molecule has 0 unspecified atom stereocenters. The van der Waals surface area contributed by atoms with Gasteiger partial charge in [0.1, 0.15) is 0 Å². The van der Waals surface area contributed by atoms with Gasteiger partial charge in [-0.25, -0.2) is 4.79 Å². The second kappa shape index (κ2) is 15.3. The minimum Gasteiger partial charge on any atom is -0.382 e. The number of nitrogens with one attached hydrogen (secondary N) is 2. The molecule has 0 aromatic heterocycles. The summed E-state index contributed by atoms with van der Waals surface area (Å²) in [6.45, 7) is 6.13. The third-order valence-corrected chi connectivity index (χ3v) is 8.10. The van der Waals surface area contributed by atoms with Crippen LogP contribution in [0.4, 0.5) is 4.79 Å². The van der Waals surface area contributed by atoms with Crippen molar-refractivity contribution in [2.45, 2.75) is 70.4 Å². The van der Waals surface area contributed by atoms with Gasteiger partial charge in [-0.2, -0.15) is 0 Å². The summed E-state index contributed by atoms with van der Waals surface area (Å²) in [6.07, 6.45) is 8.76. The Morgan fingerprint density at radius 1 is 1.17 bits per heavy atom. The lowest BCUT2D eigenvalue weighted by molar-refractivity contribution is -0.0184. The molecule has 1 saturated heterocycles. The van der Waals surface area contributed by atoms with Crippen LogP contribution in [0.2, 0.25) is 10.0 Å². The Bertz CT molecular complexity index is 776. The van der Waals surface area contributed by atoms with Crippen molar-refractivity contribution in [2.75, 3.05) is 46.5 Å². The van der Waals surface area contributed by atoms with Crippen molar-refractivity contribution in [2.24, 2.45) is 11.8 Å².